The SMILES string of the molecule is O=C(CC1(O)CNc2c(Cl)ccc(Cl)c21)c1ccc(C2CC2)cc1. The molecule has 1 unspecified atom stereocenters. The standard InChI is InChI=1S/C19H17Cl2NO2/c20-14-7-8-15(21)18-17(14)19(24,10-22-18)9-16(23)13-5-3-12(4-6-13)11-1-2-11/h3-8,11,22,24H,1-2,9-10H2. The van der Waals surface area contributed by atoms with Gasteiger partial charge in [-0.05, 0) is 36.5 Å². The van der Waals surface area contributed by atoms with E-state index in [9.17, 15) is 9.90 Å². The molecule has 4 rings (SSSR count). The van der Waals surface area contributed by atoms with Crippen LogP contribution >= 0.6 is 23.2 Å². The number of hydrogen-bond donors (Lipinski definition) is 2. The Morgan fingerprint density at radius 3 is 2.46 bits per heavy atom. The van der Waals surface area contributed by atoms with Crippen molar-refractivity contribution in [1.82, 2.24) is 0 Å². The molecular weight excluding hydrogens is 345 g/mol. The van der Waals surface area contributed by atoms with Crippen LogP contribution in [0.4, 0.5) is 5.69 Å². The number of benzene rings is 2. The van der Waals surface area contributed by atoms with Gasteiger partial charge in [0, 0.05) is 29.1 Å². The molecule has 0 bridgehead atoms. The molecule has 3 nitrogen and oxygen atoms in total. The van der Waals surface area contributed by atoms with E-state index in [0.29, 0.717) is 32.8 Å². The lowest BCUT2D eigenvalue weighted by molar-refractivity contribution is 0.0438. The van der Waals surface area contributed by atoms with Crippen LogP contribution in [0.25, 0.3) is 0 Å². The minimum atomic E-state index is -1.34. The second-order valence-electron chi connectivity index (χ2n) is 6.66. The smallest absolute Gasteiger partial charge is 0.166 e. The van der Waals surface area contributed by atoms with Gasteiger partial charge in [-0.15, -0.1) is 0 Å². The van der Waals surface area contributed by atoms with E-state index in [4.69, 9.17) is 23.2 Å². The van der Waals surface area contributed by atoms with Crippen molar-refractivity contribution in [2.75, 3.05) is 11.9 Å². The molecule has 0 aromatic heterocycles. The van der Waals surface area contributed by atoms with Crippen LogP contribution in [0.5, 0.6) is 0 Å². The Labute approximate surface area is 150 Å². The van der Waals surface area contributed by atoms with Gasteiger partial charge in [0.15, 0.2) is 5.78 Å². The summed E-state index contributed by atoms with van der Waals surface area (Å²) in [4.78, 5) is 12.6. The lowest BCUT2D eigenvalue weighted by atomic mass is 9.88. The van der Waals surface area contributed by atoms with Crippen molar-refractivity contribution in [3.8, 4) is 0 Å². The van der Waals surface area contributed by atoms with E-state index in [1.54, 1.807) is 12.1 Å². The van der Waals surface area contributed by atoms with Gasteiger partial charge in [0.2, 0.25) is 0 Å². The van der Waals surface area contributed by atoms with Crippen molar-refractivity contribution in [1.29, 1.82) is 0 Å². The Balaban J connectivity index is 1.59. The third kappa shape index (κ3) is 2.71. The third-order valence-electron chi connectivity index (χ3n) is 4.86. The number of anilines is 1. The largest absolute Gasteiger partial charge is 0.383 e. The third-order valence-corrected chi connectivity index (χ3v) is 5.49. The zero-order valence-electron chi connectivity index (χ0n) is 13.0. The number of ketones is 1. The topological polar surface area (TPSA) is 49.3 Å². The summed E-state index contributed by atoms with van der Waals surface area (Å²) in [5.74, 6) is 0.552. The summed E-state index contributed by atoms with van der Waals surface area (Å²) in [5.41, 5.74) is 1.68. The highest BCUT2D eigenvalue weighted by molar-refractivity contribution is 6.36. The van der Waals surface area contributed by atoms with Gasteiger partial charge >= 0.3 is 0 Å². The Kier molecular flexibility index (Phi) is 3.83. The minimum absolute atomic E-state index is 0.0319. The van der Waals surface area contributed by atoms with Crippen molar-refractivity contribution in [3.05, 3.63) is 63.1 Å². The van der Waals surface area contributed by atoms with Crippen molar-refractivity contribution in [2.24, 2.45) is 0 Å². The number of β-amino-alcohol motifs (C(OH)–C–C–N with tert-alkyl or cyclic N) is 1. The molecule has 0 saturated heterocycles. The zero-order chi connectivity index (χ0) is 16.9. The van der Waals surface area contributed by atoms with E-state index in [1.807, 2.05) is 24.3 Å². The maximum atomic E-state index is 12.6. The minimum Gasteiger partial charge on any atom is -0.383 e. The van der Waals surface area contributed by atoms with Crippen molar-refractivity contribution in [2.45, 2.75) is 30.8 Å². The van der Waals surface area contributed by atoms with Crippen LogP contribution in [0.3, 0.4) is 0 Å². The number of carbonyl (C=O) groups is 1. The zero-order valence-corrected chi connectivity index (χ0v) is 14.5. The number of hydrogen-bond acceptors (Lipinski definition) is 3. The van der Waals surface area contributed by atoms with Crippen LogP contribution < -0.4 is 5.32 Å². The van der Waals surface area contributed by atoms with Gasteiger partial charge in [-0.3, -0.25) is 4.79 Å². The first kappa shape index (κ1) is 15.9. The fraction of sp³-hybridized carbons (Fsp3) is 0.316. The maximum Gasteiger partial charge on any atom is 0.166 e. The van der Waals surface area contributed by atoms with Crippen molar-refractivity contribution < 1.29 is 9.90 Å². The van der Waals surface area contributed by atoms with E-state index in [2.05, 4.69) is 5.32 Å². The molecule has 2 aromatic rings. The molecule has 1 fully saturated rings. The number of Topliss-reactive ketones (excluding diaryl/α,β-unsaturated/α-hetero) is 1. The van der Waals surface area contributed by atoms with Crippen LogP contribution in [-0.4, -0.2) is 17.4 Å². The van der Waals surface area contributed by atoms with Gasteiger partial charge in [0.1, 0.15) is 5.60 Å². The predicted molar refractivity (Wildman–Crippen MR) is 96.2 cm³/mol. The van der Waals surface area contributed by atoms with Crippen LogP contribution in [0, 0.1) is 0 Å². The molecule has 1 atom stereocenters. The van der Waals surface area contributed by atoms with E-state index in [-0.39, 0.29) is 18.7 Å². The summed E-state index contributed by atoms with van der Waals surface area (Å²) in [6.07, 6.45) is 2.43. The number of rotatable bonds is 4. The second kappa shape index (κ2) is 5.76. The summed E-state index contributed by atoms with van der Waals surface area (Å²) in [6, 6.07) is 11.1. The molecule has 0 radical (unpaired) electrons. The van der Waals surface area contributed by atoms with Gasteiger partial charge in [-0.25, -0.2) is 0 Å². The first-order valence-electron chi connectivity index (χ1n) is 8.06. The molecule has 24 heavy (non-hydrogen) atoms. The predicted octanol–water partition coefficient (Wildman–Crippen LogP) is 4.76. The van der Waals surface area contributed by atoms with Crippen LogP contribution in [-0.2, 0) is 5.60 Å². The molecule has 2 N–H and O–H groups in total. The fourth-order valence-electron chi connectivity index (χ4n) is 3.38. The second-order valence-corrected chi connectivity index (χ2v) is 7.47. The lowest BCUT2D eigenvalue weighted by Crippen LogP contribution is -2.31. The summed E-state index contributed by atoms with van der Waals surface area (Å²) in [7, 11) is 0. The maximum absolute atomic E-state index is 12.6. The average molecular weight is 362 g/mol. The van der Waals surface area contributed by atoms with E-state index in [0.717, 1.165) is 0 Å². The molecule has 1 aliphatic carbocycles. The number of nitrogens with one attached hydrogen (secondary N) is 1. The van der Waals surface area contributed by atoms with Crippen molar-refractivity contribution >= 4 is 34.7 Å². The normalized spacial score (nSPS) is 22.1. The Hall–Kier alpha value is -1.55. The fourth-order valence-corrected chi connectivity index (χ4v) is 3.94. The molecular formula is C19H17Cl2NO2. The quantitative estimate of drug-likeness (QED) is 0.772. The highest BCUT2D eigenvalue weighted by atomic mass is 35.5. The Morgan fingerprint density at radius 1 is 1.12 bits per heavy atom. The number of fused-ring (bicyclic) bond motifs is 1. The van der Waals surface area contributed by atoms with E-state index < -0.39 is 5.60 Å². The van der Waals surface area contributed by atoms with Gasteiger partial charge in [-0.1, -0.05) is 47.5 Å². The van der Waals surface area contributed by atoms with Gasteiger partial charge in [0.05, 0.1) is 10.7 Å². The van der Waals surface area contributed by atoms with Gasteiger partial charge < -0.3 is 10.4 Å². The molecule has 0 spiro atoms. The van der Waals surface area contributed by atoms with Crippen LogP contribution in [0.2, 0.25) is 10.0 Å². The molecule has 1 saturated carbocycles. The Morgan fingerprint density at radius 2 is 1.79 bits per heavy atom. The Bertz CT molecular complexity index is 815. The monoisotopic (exact) mass is 361 g/mol. The van der Waals surface area contributed by atoms with Gasteiger partial charge in [-0.2, -0.15) is 0 Å². The molecule has 0 amide bonds. The summed E-state index contributed by atoms with van der Waals surface area (Å²) >= 11 is 12.4. The summed E-state index contributed by atoms with van der Waals surface area (Å²) < 4.78 is 0. The summed E-state index contributed by atoms with van der Waals surface area (Å²) in [6.45, 7) is 0.220. The number of aliphatic hydroxyl groups is 1. The summed E-state index contributed by atoms with van der Waals surface area (Å²) in [5, 5.41) is 15.0. The van der Waals surface area contributed by atoms with E-state index >= 15 is 0 Å². The highest BCUT2D eigenvalue weighted by Crippen LogP contribution is 2.46. The molecule has 124 valence electrons. The van der Waals surface area contributed by atoms with Gasteiger partial charge in [0.25, 0.3) is 0 Å². The van der Waals surface area contributed by atoms with Crippen LogP contribution in [0.1, 0.15) is 46.7 Å². The first-order chi connectivity index (χ1) is 11.5. The molecule has 2 aromatic carbocycles. The molecule has 1 heterocycles. The lowest BCUT2D eigenvalue weighted by Gasteiger charge is -2.23. The number of carbonyl (C=O) groups excluding carboxylic acids is 1. The highest BCUT2D eigenvalue weighted by Gasteiger charge is 2.41. The molecule has 2 aliphatic rings. The van der Waals surface area contributed by atoms with Crippen molar-refractivity contribution in [3.63, 3.8) is 0 Å². The van der Waals surface area contributed by atoms with Crippen LogP contribution in [0.15, 0.2) is 36.4 Å². The number of halogens is 2. The first-order valence-corrected chi connectivity index (χ1v) is 8.81. The van der Waals surface area contributed by atoms with E-state index in [1.165, 1.54) is 18.4 Å². The molecule has 5 heteroatoms. The molecule has 1 aliphatic heterocycles. The average Bonchev–Trinajstić information content (AvgIpc) is 3.35.